The van der Waals surface area contributed by atoms with E-state index < -0.39 is 5.82 Å². The minimum atomic E-state index is -0.429. The number of hydrogen-bond acceptors (Lipinski definition) is 4. The van der Waals surface area contributed by atoms with Gasteiger partial charge < -0.3 is 9.15 Å². The molecule has 0 aliphatic rings. The van der Waals surface area contributed by atoms with Crippen LogP contribution in [0.3, 0.4) is 0 Å². The summed E-state index contributed by atoms with van der Waals surface area (Å²) in [7, 11) is 1.78. The molecule has 0 unspecified atom stereocenters. The first-order valence-electron chi connectivity index (χ1n) is 7.81. The SMILES string of the molecule is Cc1c(C(=O)C=Cc2ccc(COc3ccc(F)cc3Cl)o2)cnn1C. The lowest BCUT2D eigenvalue weighted by atomic mass is 10.1. The molecule has 0 radical (unpaired) electrons. The van der Waals surface area contributed by atoms with E-state index in [2.05, 4.69) is 5.10 Å². The number of halogens is 2. The van der Waals surface area contributed by atoms with Gasteiger partial charge in [-0.3, -0.25) is 9.48 Å². The third-order valence-corrected chi connectivity index (χ3v) is 4.14. The monoisotopic (exact) mass is 374 g/mol. The lowest BCUT2D eigenvalue weighted by molar-refractivity contribution is 0.104. The lowest BCUT2D eigenvalue weighted by Crippen LogP contribution is -1.98. The molecular formula is C19H16ClFN2O3. The van der Waals surface area contributed by atoms with E-state index in [9.17, 15) is 9.18 Å². The average Bonchev–Trinajstić information content (AvgIpc) is 3.19. The molecule has 2 heterocycles. The number of hydrogen-bond donors (Lipinski definition) is 0. The minimum absolute atomic E-state index is 0.134. The number of nitrogens with zero attached hydrogens (tertiary/aromatic N) is 2. The second-order valence-electron chi connectivity index (χ2n) is 5.63. The van der Waals surface area contributed by atoms with Crippen molar-refractivity contribution in [2.45, 2.75) is 13.5 Å². The van der Waals surface area contributed by atoms with Crippen LogP contribution < -0.4 is 4.74 Å². The Kier molecular flexibility index (Phi) is 5.23. The molecule has 0 bridgehead atoms. The molecule has 7 heteroatoms. The van der Waals surface area contributed by atoms with Crippen LogP contribution in [-0.2, 0) is 13.7 Å². The van der Waals surface area contributed by atoms with Crippen molar-refractivity contribution in [1.82, 2.24) is 9.78 Å². The summed E-state index contributed by atoms with van der Waals surface area (Å²) in [4.78, 5) is 12.2. The van der Waals surface area contributed by atoms with E-state index in [-0.39, 0.29) is 17.4 Å². The molecule has 0 fully saturated rings. The van der Waals surface area contributed by atoms with Crippen molar-refractivity contribution in [3.8, 4) is 5.75 Å². The lowest BCUT2D eigenvalue weighted by Gasteiger charge is -2.05. The van der Waals surface area contributed by atoms with Gasteiger partial charge in [-0.1, -0.05) is 11.6 Å². The number of carbonyl (C=O) groups is 1. The van der Waals surface area contributed by atoms with Crippen LogP contribution in [0, 0.1) is 12.7 Å². The first-order valence-corrected chi connectivity index (χ1v) is 8.19. The Bertz CT molecular complexity index is 975. The number of aromatic nitrogens is 2. The van der Waals surface area contributed by atoms with Gasteiger partial charge in [-0.15, -0.1) is 0 Å². The van der Waals surface area contributed by atoms with E-state index in [0.29, 0.717) is 22.8 Å². The fourth-order valence-electron chi connectivity index (χ4n) is 2.29. The van der Waals surface area contributed by atoms with Crippen molar-refractivity contribution in [3.05, 3.63) is 76.2 Å². The van der Waals surface area contributed by atoms with E-state index in [0.717, 1.165) is 5.69 Å². The van der Waals surface area contributed by atoms with Crippen LogP contribution in [0.5, 0.6) is 5.75 Å². The molecule has 26 heavy (non-hydrogen) atoms. The number of ketones is 1. The van der Waals surface area contributed by atoms with E-state index in [1.54, 1.807) is 29.9 Å². The van der Waals surface area contributed by atoms with Crippen molar-refractivity contribution >= 4 is 23.5 Å². The summed E-state index contributed by atoms with van der Waals surface area (Å²) in [5.74, 6) is 0.853. The second kappa shape index (κ2) is 7.58. The predicted molar refractivity (Wildman–Crippen MR) is 95.8 cm³/mol. The van der Waals surface area contributed by atoms with E-state index in [1.807, 2.05) is 6.92 Å². The molecule has 1 aromatic carbocycles. The molecule has 0 atom stereocenters. The average molecular weight is 375 g/mol. The minimum Gasteiger partial charge on any atom is -0.484 e. The van der Waals surface area contributed by atoms with Crippen molar-refractivity contribution in [2.75, 3.05) is 0 Å². The summed E-state index contributed by atoms with van der Waals surface area (Å²) in [6.07, 6.45) is 4.56. The largest absolute Gasteiger partial charge is 0.484 e. The molecule has 3 rings (SSSR count). The van der Waals surface area contributed by atoms with Gasteiger partial charge in [-0.05, 0) is 49.4 Å². The van der Waals surface area contributed by atoms with Crippen molar-refractivity contribution in [2.24, 2.45) is 7.05 Å². The van der Waals surface area contributed by atoms with Gasteiger partial charge in [0.2, 0.25) is 0 Å². The summed E-state index contributed by atoms with van der Waals surface area (Å²) < 4.78 is 25.8. The fourth-order valence-corrected chi connectivity index (χ4v) is 2.51. The summed E-state index contributed by atoms with van der Waals surface area (Å²) in [6, 6.07) is 7.36. The zero-order valence-corrected chi connectivity index (χ0v) is 15.0. The molecule has 2 aromatic heterocycles. The van der Waals surface area contributed by atoms with E-state index in [1.165, 1.54) is 30.5 Å². The van der Waals surface area contributed by atoms with Crippen LogP contribution in [-0.4, -0.2) is 15.6 Å². The Labute approximate surface area is 154 Å². The van der Waals surface area contributed by atoms with E-state index >= 15 is 0 Å². The first kappa shape index (κ1) is 17.9. The summed E-state index contributed by atoms with van der Waals surface area (Å²) in [5, 5.41) is 4.24. The third kappa shape index (κ3) is 4.03. The highest BCUT2D eigenvalue weighted by atomic mass is 35.5. The summed E-state index contributed by atoms with van der Waals surface area (Å²) in [5.41, 5.74) is 1.34. The van der Waals surface area contributed by atoms with Gasteiger partial charge >= 0.3 is 0 Å². The normalized spacial score (nSPS) is 11.2. The van der Waals surface area contributed by atoms with Gasteiger partial charge in [0.15, 0.2) is 5.78 Å². The number of aryl methyl sites for hydroxylation is 1. The molecule has 0 amide bonds. The Balaban J connectivity index is 1.62. The van der Waals surface area contributed by atoms with Crippen LogP contribution >= 0.6 is 11.6 Å². The maximum Gasteiger partial charge on any atom is 0.189 e. The smallest absolute Gasteiger partial charge is 0.189 e. The molecule has 134 valence electrons. The molecule has 5 nitrogen and oxygen atoms in total. The Morgan fingerprint density at radius 2 is 2.19 bits per heavy atom. The zero-order chi connectivity index (χ0) is 18.7. The third-order valence-electron chi connectivity index (χ3n) is 3.85. The number of carbonyl (C=O) groups excluding carboxylic acids is 1. The highest BCUT2D eigenvalue weighted by Gasteiger charge is 2.10. The Morgan fingerprint density at radius 1 is 1.38 bits per heavy atom. The highest BCUT2D eigenvalue weighted by Crippen LogP contribution is 2.26. The zero-order valence-electron chi connectivity index (χ0n) is 14.2. The topological polar surface area (TPSA) is 57.3 Å². The summed E-state index contributed by atoms with van der Waals surface area (Å²) >= 11 is 5.91. The quantitative estimate of drug-likeness (QED) is 0.467. The number of ether oxygens (including phenoxy) is 1. The first-order chi connectivity index (χ1) is 12.4. The maximum absolute atomic E-state index is 13.0. The van der Waals surface area contributed by atoms with Crippen LogP contribution in [0.4, 0.5) is 4.39 Å². The van der Waals surface area contributed by atoms with Crippen molar-refractivity contribution in [3.63, 3.8) is 0 Å². The molecule has 0 saturated heterocycles. The summed E-state index contributed by atoms with van der Waals surface area (Å²) in [6.45, 7) is 1.96. The van der Waals surface area contributed by atoms with Crippen LogP contribution in [0.15, 0.2) is 47.0 Å². The van der Waals surface area contributed by atoms with Crippen LogP contribution in [0.1, 0.15) is 27.6 Å². The fraction of sp³-hybridized carbons (Fsp3) is 0.158. The standard InChI is InChI=1S/C19H16ClFN2O3/c1-12-16(10-22-23(12)2)18(24)7-6-14-4-5-15(26-14)11-25-19-8-3-13(21)9-17(19)20/h3-10H,11H2,1-2H3. The van der Waals surface area contributed by atoms with Crippen molar-refractivity contribution in [1.29, 1.82) is 0 Å². The van der Waals surface area contributed by atoms with Gasteiger partial charge in [-0.25, -0.2) is 4.39 Å². The molecule has 0 N–H and O–H groups in total. The molecule has 0 spiro atoms. The number of rotatable bonds is 6. The van der Waals surface area contributed by atoms with E-state index in [4.69, 9.17) is 20.8 Å². The van der Waals surface area contributed by atoms with Gasteiger partial charge in [-0.2, -0.15) is 5.10 Å². The van der Waals surface area contributed by atoms with Gasteiger partial charge in [0.25, 0.3) is 0 Å². The van der Waals surface area contributed by atoms with Gasteiger partial charge in [0, 0.05) is 12.7 Å². The van der Waals surface area contributed by atoms with Crippen molar-refractivity contribution < 1.29 is 18.3 Å². The van der Waals surface area contributed by atoms with Gasteiger partial charge in [0.1, 0.15) is 29.7 Å². The molecule has 3 aromatic rings. The number of benzene rings is 1. The highest BCUT2D eigenvalue weighted by molar-refractivity contribution is 6.32. The number of furan rings is 1. The molecular weight excluding hydrogens is 359 g/mol. The molecule has 0 aliphatic carbocycles. The molecule has 0 saturated carbocycles. The van der Waals surface area contributed by atoms with Crippen LogP contribution in [0.25, 0.3) is 6.08 Å². The Hall–Kier alpha value is -2.86. The number of allylic oxidation sites excluding steroid dienone is 1. The Morgan fingerprint density at radius 3 is 2.88 bits per heavy atom. The van der Waals surface area contributed by atoms with Gasteiger partial charge in [0.05, 0.1) is 16.8 Å². The molecule has 0 aliphatic heterocycles. The second-order valence-corrected chi connectivity index (χ2v) is 6.04. The van der Waals surface area contributed by atoms with Crippen LogP contribution in [0.2, 0.25) is 5.02 Å². The maximum atomic E-state index is 13.0. The predicted octanol–water partition coefficient (Wildman–Crippen LogP) is 4.59.